The molecule has 226 valence electrons. The zero-order valence-electron chi connectivity index (χ0n) is 24.3. The second-order valence-electron chi connectivity index (χ2n) is 10.0. The van der Waals surface area contributed by atoms with Crippen LogP contribution >= 0.6 is 11.8 Å². The Bertz CT molecular complexity index is 1980. The predicted octanol–water partition coefficient (Wildman–Crippen LogP) is 7.03. The van der Waals surface area contributed by atoms with Gasteiger partial charge < -0.3 is 20.4 Å². The number of para-hydroxylation sites is 2. The molecule has 0 radical (unpaired) electrons. The van der Waals surface area contributed by atoms with E-state index in [-0.39, 0.29) is 17.4 Å². The molecule has 0 unspecified atom stereocenters. The molecule has 10 heteroatoms. The molecule has 0 aliphatic rings. The normalized spacial score (nSPS) is 11.2. The van der Waals surface area contributed by atoms with Crippen LogP contribution in [0.15, 0.2) is 143 Å². The van der Waals surface area contributed by atoms with E-state index >= 15 is 0 Å². The van der Waals surface area contributed by atoms with Gasteiger partial charge in [-0.2, -0.15) is 0 Å². The smallest absolute Gasteiger partial charge is 0.272 e. The molecule has 0 aliphatic carbocycles. The van der Waals surface area contributed by atoms with Crippen LogP contribution in [0.2, 0.25) is 0 Å². The summed E-state index contributed by atoms with van der Waals surface area (Å²) in [4.78, 5) is 48.1. The number of carbonyl (C=O) groups is 3. The van der Waals surface area contributed by atoms with Gasteiger partial charge in [-0.05, 0) is 90.5 Å². The molecule has 3 amide bonds. The van der Waals surface area contributed by atoms with Crippen LogP contribution in [-0.2, 0) is 9.59 Å². The Morgan fingerprint density at radius 3 is 2.22 bits per heavy atom. The number of oxazole rings is 1. The van der Waals surface area contributed by atoms with Gasteiger partial charge in [-0.3, -0.25) is 19.4 Å². The lowest BCUT2D eigenvalue weighted by atomic mass is 10.2. The van der Waals surface area contributed by atoms with Crippen LogP contribution in [0.25, 0.3) is 28.6 Å². The van der Waals surface area contributed by atoms with Gasteiger partial charge in [0, 0.05) is 39.8 Å². The summed E-state index contributed by atoms with van der Waals surface area (Å²) in [6.45, 7) is 0. The van der Waals surface area contributed by atoms with Gasteiger partial charge in [0.15, 0.2) is 5.58 Å². The highest BCUT2D eigenvalue weighted by molar-refractivity contribution is 8.00. The van der Waals surface area contributed by atoms with E-state index in [1.807, 2.05) is 66.7 Å². The molecule has 9 nitrogen and oxygen atoms in total. The Balaban J connectivity index is 1.03. The molecule has 0 saturated heterocycles. The minimum Gasteiger partial charge on any atom is -0.436 e. The minimum atomic E-state index is -0.491. The van der Waals surface area contributed by atoms with E-state index in [2.05, 4.69) is 25.9 Å². The molecule has 6 rings (SSSR count). The Morgan fingerprint density at radius 2 is 1.48 bits per heavy atom. The SMILES string of the molecule is O=C(CSc1ccc(NC(=O)/C(=C/c2cccnc2)NC(=O)c2ccccc2)cc1)Nc1ccc(-c2nc3ccccc3o2)cc1. The summed E-state index contributed by atoms with van der Waals surface area (Å²) in [6.07, 6.45) is 4.79. The molecule has 2 heterocycles. The fourth-order valence-corrected chi connectivity index (χ4v) is 5.14. The first kappa shape index (κ1) is 30.0. The monoisotopic (exact) mass is 625 g/mol. The number of aromatic nitrogens is 2. The lowest BCUT2D eigenvalue weighted by Crippen LogP contribution is -2.30. The number of pyridine rings is 1. The molecule has 0 spiro atoms. The third-order valence-electron chi connectivity index (χ3n) is 6.72. The standard InChI is InChI=1S/C36H27N5O4S/c42-33(38-27-14-12-26(13-15-27)36-41-30-10-4-5-11-32(30)45-36)23-46-29-18-16-28(17-19-29)39-35(44)31(21-24-7-6-20-37-22-24)40-34(43)25-8-2-1-3-9-25/h1-22H,23H2,(H,38,42)(H,39,44)(H,40,43)/b31-21-. The van der Waals surface area contributed by atoms with Gasteiger partial charge in [0.25, 0.3) is 11.8 Å². The summed E-state index contributed by atoms with van der Waals surface area (Å²) in [5.74, 6) is -0.337. The molecule has 3 N–H and O–H groups in total. The van der Waals surface area contributed by atoms with Crippen LogP contribution in [-0.4, -0.2) is 33.4 Å². The molecule has 0 bridgehead atoms. The molecule has 4 aromatic carbocycles. The van der Waals surface area contributed by atoms with E-state index in [1.54, 1.807) is 67.0 Å². The number of benzene rings is 4. The zero-order valence-corrected chi connectivity index (χ0v) is 25.2. The van der Waals surface area contributed by atoms with Crippen LogP contribution in [0.4, 0.5) is 11.4 Å². The average Bonchev–Trinajstić information content (AvgIpc) is 3.53. The first-order chi connectivity index (χ1) is 22.5. The Morgan fingerprint density at radius 1 is 0.761 bits per heavy atom. The Labute approximate surface area is 268 Å². The van der Waals surface area contributed by atoms with Crippen LogP contribution < -0.4 is 16.0 Å². The van der Waals surface area contributed by atoms with Crippen LogP contribution in [0, 0.1) is 0 Å². The van der Waals surface area contributed by atoms with Gasteiger partial charge in [-0.25, -0.2) is 4.98 Å². The third kappa shape index (κ3) is 7.74. The van der Waals surface area contributed by atoms with Crippen molar-refractivity contribution in [2.24, 2.45) is 0 Å². The van der Waals surface area contributed by atoms with E-state index in [4.69, 9.17) is 4.42 Å². The molecule has 0 atom stereocenters. The van der Waals surface area contributed by atoms with Gasteiger partial charge in [0.1, 0.15) is 11.2 Å². The largest absolute Gasteiger partial charge is 0.436 e. The van der Waals surface area contributed by atoms with E-state index in [1.165, 1.54) is 11.8 Å². The number of carbonyl (C=O) groups excluding carboxylic acids is 3. The van der Waals surface area contributed by atoms with Crippen molar-refractivity contribution in [1.82, 2.24) is 15.3 Å². The van der Waals surface area contributed by atoms with Crippen molar-refractivity contribution >= 4 is 58.0 Å². The maximum atomic E-state index is 13.2. The van der Waals surface area contributed by atoms with E-state index in [0.717, 1.165) is 21.6 Å². The first-order valence-corrected chi connectivity index (χ1v) is 15.3. The number of amides is 3. The van der Waals surface area contributed by atoms with Gasteiger partial charge in [0.05, 0.1) is 5.75 Å². The Kier molecular flexibility index (Phi) is 9.27. The maximum Gasteiger partial charge on any atom is 0.272 e. The molecule has 0 aliphatic heterocycles. The first-order valence-electron chi connectivity index (χ1n) is 14.3. The average molecular weight is 626 g/mol. The number of thioether (sulfide) groups is 1. The van der Waals surface area contributed by atoms with Gasteiger partial charge in [-0.15, -0.1) is 11.8 Å². The lowest BCUT2D eigenvalue weighted by Gasteiger charge is -2.12. The highest BCUT2D eigenvalue weighted by Crippen LogP contribution is 2.26. The number of nitrogens with one attached hydrogen (secondary N) is 3. The van der Waals surface area contributed by atoms with Crippen LogP contribution in [0.5, 0.6) is 0 Å². The predicted molar refractivity (Wildman–Crippen MR) is 180 cm³/mol. The summed E-state index contributed by atoms with van der Waals surface area (Å²) in [5, 5.41) is 8.44. The Hall–Kier alpha value is -6.00. The highest BCUT2D eigenvalue weighted by atomic mass is 32.2. The highest BCUT2D eigenvalue weighted by Gasteiger charge is 2.15. The minimum absolute atomic E-state index is 0.0684. The molecule has 46 heavy (non-hydrogen) atoms. The second-order valence-corrected chi connectivity index (χ2v) is 11.1. The van der Waals surface area contributed by atoms with Gasteiger partial charge in [-0.1, -0.05) is 36.4 Å². The summed E-state index contributed by atoms with van der Waals surface area (Å²) in [7, 11) is 0. The molecule has 0 fully saturated rings. The second kappa shape index (κ2) is 14.2. The fraction of sp³-hybridized carbons (Fsp3) is 0.0278. The maximum absolute atomic E-state index is 13.2. The zero-order chi connectivity index (χ0) is 31.7. The quantitative estimate of drug-likeness (QED) is 0.110. The molecule has 6 aromatic rings. The molecule has 0 saturated carbocycles. The summed E-state index contributed by atoms with van der Waals surface area (Å²) in [6, 6.07) is 34.2. The van der Waals surface area contributed by atoms with E-state index < -0.39 is 11.8 Å². The topological polar surface area (TPSA) is 126 Å². The summed E-state index contributed by atoms with van der Waals surface area (Å²) < 4.78 is 5.81. The number of hydrogen-bond donors (Lipinski definition) is 3. The van der Waals surface area contributed by atoms with Crippen LogP contribution in [0.1, 0.15) is 15.9 Å². The van der Waals surface area contributed by atoms with Crippen molar-refractivity contribution in [2.75, 3.05) is 16.4 Å². The number of rotatable bonds is 10. The number of anilines is 2. The van der Waals surface area contributed by atoms with E-state index in [9.17, 15) is 14.4 Å². The van der Waals surface area contributed by atoms with Gasteiger partial charge >= 0.3 is 0 Å². The van der Waals surface area contributed by atoms with Crippen molar-refractivity contribution in [2.45, 2.75) is 4.90 Å². The summed E-state index contributed by atoms with van der Waals surface area (Å²) >= 11 is 1.37. The van der Waals surface area contributed by atoms with Crippen LogP contribution in [0.3, 0.4) is 0 Å². The number of fused-ring (bicyclic) bond motifs is 1. The lowest BCUT2D eigenvalue weighted by molar-refractivity contribution is -0.114. The molecular weight excluding hydrogens is 598 g/mol. The van der Waals surface area contributed by atoms with Gasteiger partial charge in [0.2, 0.25) is 11.8 Å². The number of nitrogens with zero attached hydrogens (tertiary/aromatic N) is 2. The number of hydrogen-bond acceptors (Lipinski definition) is 7. The molecule has 2 aromatic heterocycles. The third-order valence-corrected chi connectivity index (χ3v) is 7.73. The fourth-order valence-electron chi connectivity index (χ4n) is 4.44. The molecular formula is C36H27N5O4S. The van der Waals surface area contributed by atoms with Crippen molar-refractivity contribution < 1.29 is 18.8 Å². The van der Waals surface area contributed by atoms with E-state index in [0.29, 0.717) is 28.4 Å². The van der Waals surface area contributed by atoms with Crippen molar-refractivity contribution in [3.63, 3.8) is 0 Å². The van der Waals surface area contributed by atoms with Crippen molar-refractivity contribution in [1.29, 1.82) is 0 Å². The van der Waals surface area contributed by atoms with Crippen molar-refractivity contribution in [3.8, 4) is 11.5 Å². The van der Waals surface area contributed by atoms with Crippen molar-refractivity contribution in [3.05, 3.63) is 144 Å². The summed E-state index contributed by atoms with van der Waals surface area (Å²) in [5.41, 5.74) is 4.67.